The van der Waals surface area contributed by atoms with E-state index in [2.05, 4.69) is 44.3 Å². The van der Waals surface area contributed by atoms with E-state index in [1.54, 1.807) is 11.3 Å². The van der Waals surface area contributed by atoms with Gasteiger partial charge in [0.05, 0.1) is 10.2 Å². The SMILES string of the molecule is Cc1cccc2sc(NC3CCC(C)(C)C3)nc12. The molecule has 0 saturated heterocycles. The number of fused-ring (bicyclic) bond motifs is 1. The maximum atomic E-state index is 4.73. The van der Waals surface area contributed by atoms with Crippen molar-refractivity contribution in [1.29, 1.82) is 0 Å². The monoisotopic (exact) mass is 260 g/mol. The molecule has 2 nitrogen and oxygen atoms in total. The fourth-order valence-electron chi connectivity index (χ4n) is 2.88. The summed E-state index contributed by atoms with van der Waals surface area (Å²) in [6, 6.07) is 6.99. The van der Waals surface area contributed by atoms with E-state index in [0.717, 1.165) is 10.6 Å². The standard InChI is InChI=1S/C15H20N2S/c1-10-5-4-6-12-13(10)17-14(18-12)16-11-7-8-15(2,3)9-11/h4-6,11H,7-9H2,1-3H3,(H,16,17). The van der Waals surface area contributed by atoms with Crippen LogP contribution in [0.4, 0.5) is 5.13 Å². The van der Waals surface area contributed by atoms with Gasteiger partial charge in [-0.25, -0.2) is 4.98 Å². The topological polar surface area (TPSA) is 24.9 Å². The van der Waals surface area contributed by atoms with Crippen molar-refractivity contribution >= 4 is 26.7 Å². The van der Waals surface area contributed by atoms with Gasteiger partial charge in [-0.1, -0.05) is 37.3 Å². The molecule has 1 N–H and O–H groups in total. The number of aryl methyl sites for hydroxylation is 1. The third kappa shape index (κ3) is 2.24. The van der Waals surface area contributed by atoms with Gasteiger partial charge < -0.3 is 5.32 Å². The predicted octanol–water partition coefficient (Wildman–Crippen LogP) is 4.60. The molecule has 1 aliphatic carbocycles. The number of hydrogen-bond acceptors (Lipinski definition) is 3. The summed E-state index contributed by atoms with van der Waals surface area (Å²) in [6.07, 6.45) is 3.83. The predicted molar refractivity (Wildman–Crippen MR) is 79.4 cm³/mol. The average molecular weight is 260 g/mol. The molecule has 0 bridgehead atoms. The van der Waals surface area contributed by atoms with Gasteiger partial charge in [0, 0.05) is 6.04 Å². The van der Waals surface area contributed by atoms with Crippen LogP contribution in [0.5, 0.6) is 0 Å². The lowest BCUT2D eigenvalue weighted by atomic mass is 9.92. The van der Waals surface area contributed by atoms with Gasteiger partial charge >= 0.3 is 0 Å². The third-order valence-electron chi connectivity index (χ3n) is 3.92. The van der Waals surface area contributed by atoms with E-state index in [9.17, 15) is 0 Å². The normalized spacial score (nSPS) is 22.5. The summed E-state index contributed by atoms with van der Waals surface area (Å²) in [6.45, 7) is 6.85. The van der Waals surface area contributed by atoms with Crippen LogP contribution in [0.25, 0.3) is 10.2 Å². The zero-order chi connectivity index (χ0) is 12.8. The lowest BCUT2D eigenvalue weighted by molar-refractivity contribution is 0.378. The average Bonchev–Trinajstić information content (AvgIpc) is 2.83. The Morgan fingerprint density at radius 3 is 2.89 bits per heavy atom. The Morgan fingerprint density at radius 2 is 2.22 bits per heavy atom. The third-order valence-corrected chi connectivity index (χ3v) is 4.87. The highest BCUT2D eigenvalue weighted by atomic mass is 32.1. The Labute approximate surface area is 112 Å². The molecular formula is C15H20N2S. The Hall–Kier alpha value is -1.09. The van der Waals surface area contributed by atoms with Crippen molar-refractivity contribution in [2.75, 3.05) is 5.32 Å². The minimum absolute atomic E-state index is 0.490. The highest BCUT2D eigenvalue weighted by Crippen LogP contribution is 2.39. The molecule has 1 atom stereocenters. The minimum Gasteiger partial charge on any atom is -0.359 e. The van der Waals surface area contributed by atoms with Crippen LogP contribution in [0.1, 0.15) is 38.7 Å². The van der Waals surface area contributed by atoms with Crippen LogP contribution in [0.2, 0.25) is 0 Å². The summed E-state index contributed by atoms with van der Waals surface area (Å²) in [5.41, 5.74) is 2.91. The van der Waals surface area contributed by atoms with Crippen LogP contribution >= 0.6 is 11.3 Å². The number of rotatable bonds is 2. The van der Waals surface area contributed by atoms with Crippen molar-refractivity contribution in [1.82, 2.24) is 4.98 Å². The van der Waals surface area contributed by atoms with Crippen LogP contribution in [0.3, 0.4) is 0 Å². The van der Waals surface area contributed by atoms with Gasteiger partial charge in [-0.3, -0.25) is 0 Å². The molecule has 1 fully saturated rings. The van der Waals surface area contributed by atoms with Gasteiger partial charge in [-0.2, -0.15) is 0 Å². The zero-order valence-corrected chi connectivity index (χ0v) is 12.1. The van der Waals surface area contributed by atoms with Crippen molar-refractivity contribution in [3.63, 3.8) is 0 Å². The molecule has 1 aromatic heterocycles. The van der Waals surface area contributed by atoms with E-state index in [1.807, 2.05) is 0 Å². The van der Waals surface area contributed by atoms with Crippen molar-refractivity contribution in [2.45, 2.75) is 46.1 Å². The summed E-state index contributed by atoms with van der Waals surface area (Å²) >= 11 is 1.78. The molecule has 1 heterocycles. The zero-order valence-electron chi connectivity index (χ0n) is 11.3. The number of nitrogens with zero attached hydrogens (tertiary/aromatic N) is 1. The summed E-state index contributed by atoms with van der Waals surface area (Å²) in [4.78, 5) is 4.73. The first kappa shape index (κ1) is 12.0. The fourth-order valence-corrected chi connectivity index (χ4v) is 3.90. The lowest BCUT2D eigenvalue weighted by Gasteiger charge is -2.17. The molecular weight excluding hydrogens is 240 g/mol. The first-order chi connectivity index (χ1) is 8.53. The van der Waals surface area contributed by atoms with Crippen LogP contribution in [-0.2, 0) is 0 Å². The highest BCUT2D eigenvalue weighted by Gasteiger charge is 2.31. The summed E-state index contributed by atoms with van der Waals surface area (Å²) in [5, 5.41) is 4.71. The highest BCUT2D eigenvalue weighted by molar-refractivity contribution is 7.22. The van der Waals surface area contributed by atoms with Crippen molar-refractivity contribution in [2.24, 2.45) is 5.41 Å². The summed E-state index contributed by atoms with van der Waals surface area (Å²) in [5.74, 6) is 0. The fraction of sp³-hybridized carbons (Fsp3) is 0.533. The first-order valence-corrected chi connectivity index (χ1v) is 7.48. The summed E-state index contributed by atoms with van der Waals surface area (Å²) < 4.78 is 1.29. The molecule has 18 heavy (non-hydrogen) atoms. The Morgan fingerprint density at radius 1 is 1.39 bits per heavy atom. The molecule has 2 aromatic rings. The van der Waals surface area contributed by atoms with Crippen molar-refractivity contribution in [3.8, 4) is 0 Å². The molecule has 0 aliphatic heterocycles. The Balaban J connectivity index is 1.81. The van der Waals surface area contributed by atoms with E-state index < -0.39 is 0 Å². The molecule has 3 rings (SSSR count). The maximum absolute atomic E-state index is 4.73. The smallest absolute Gasteiger partial charge is 0.184 e. The molecule has 1 aromatic carbocycles. The number of thiazole rings is 1. The van der Waals surface area contributed by atoms with E-state index in [0.29, 0.717) is 11.5 Å². The molecule has 1 aliphatic rings. The van der Waals surface area contributed by atoms with E-state index >= 15 is 0 Å². The number of aromatic nitrogens is 1. The number of anilines is 1. The van der Waals surface area contributed by atoms with Gasteiger partial charge in [0.15, 0.2) is 5.13 Å². The maximum Gasteiger partial charge on any atom is 0.184 e. The van der Waals surface area contributed by atoms with Gasteiger partial charge in [-0.15, -0.1) is 0 Å². The Bertz CT molecular complexity index is 571. The van der Waals surface area contributed by atoms with Crippen LogP contribution in [0.15, 0.2) is 18.2 Å². The molecule has 1 unspecified atom stereocenters. The lowest BCUT2D eigenvalue weighted by Crippen LogP contribution is -2.17. The molecule has 96 valence electrons. The molecule has 3 heteroatoms. The second kappa shape index (κ2) is 4.23. The molecule has 0 amide bonds. The van der Waals surface area contributed by atoms with Crippen LogP contribution < -0.4 is 5.32 Å². The summed E-state index contributed by atoms with van der Waals surface area (Å²) in [7, 11) is 0. The van der Waals surface area contributed by atoms with Crippen LogP contribution in [0, 0.1) is 12.3 Å². The number of hydrogen-bond donors (Lipinski definition) is 1. The largest absolute Gasteiger partial charge is 0.359 e. The first-order valence-electron chi connectivity index (χ1n) is 6.66. The Kier molecular flexibility index (Phi) is 2.81. The molecule has 1 saturated carbocycles. The second-order valence-electron chi connectivity index (χ2n) is 6.19. The number of benzene rings is 1. The molecule has 0 radical (unpaired) electrons. The van der Waals surface area contributed by atoms with Gasteiger partial charge in [-0.05, 0) is 43.2 Å². The van der Waals surface area contributed by atoms with E-state index in [-0.39, 0.29) is 0 Å². The second-order valence-corrected chi connectivity index (χ2v) is 7.22. The van der Waals surface area contributed by atoms with E-state index in [1.165, 1.54) is 29.5 Å². The van der Waals surface area contributed by atoms with Crippen molar-refractivity contribution < 1.29 is 0 Å². The van der Waals surface area contributed by atoms with Gasteiger partial charge in [0.2, 0.25) is 0 Å². The van der Waals surface area contributed by atoms with Gasteiger partial charge in [0.25, 0.3) is 0 Å². The molecule has 0 spiro atoms. The number of para-hydroxylation sites is 1. The number of nitrogens with one attached hydrogen (secondary N) is 1. The van der Waals surface area contributed by atoms with Crippen LogP contribution in [-0.4, -0.2) is 11.0 Å². The minimum atomic E-state index is 0.490. The quantitative estimate of drug-likeness (QED) is 0.854. The van der Waals surface area contributed by atoms with Gasteiger partial charge in [0.1, 0.15) is 0 Å². The van der Waals surface area contributed by atoms with Crippen molar-refractivity contribution in [3.05, 3.63) is 23.8 Å². The van der Waals surface area contributed by atoms with E-state index in [4.69, 9.17) is 4.98 Å².